The van der Waals surface area contributed by atoms with Gasteiger partial charge in [-0.2, -0.15) is 0 Å². The van der Waals surface area contributed by atoms with E-state index in [0.717, 1.165) is 5.56 Å². The lowest BCUT2D eigenvalue weighted by Crippen LogP contribution is -2.30. The van der Waals surface area contributed by atoms with Gasteiger partial charge < -0.3 is 5.32 Å². The van der Waals surface area contributed by atoms with Gasteiger partial charge in [0, 0.05) is 6.92 Å². The maximum atomic E-state index is 11.3. The molecule has 0 heterocycles. The second-order valence-corrected chi connectivity index (χ2v) is 3.44. The van der Waals surface area contributed by atoms with Crippen LogP contribution in [-0.4, -0.2) is 24.0 Å². The van der Waals surface area contributed by atoms with Crippen LogP contribution < -0.4 is 5.32 Å². The fraction of sp³-hybridized carbons (Fsp3) is 0.154. The molecule has 0 spiro atoms. The lowest BCUT2D eigenvalue weighted by molar-refractivity contribution is -0.134. The van der Waals surface area contributed by atoms with Crippen LogP contribution in [0.15, 0.2) is 36.4 Å². The number of carbonyl (C=O) groups is 3. The molecule has 1 aromatic rings. The molecule has 88 valence electrons. The second-order valence-electron chi connectivity index (χ2n) is 3.44. The molecule has 1 N–H and O–H groups in total. The molecular weight excluding hydrogens is 218 g/mol. The first-order chi connectivity index (χ1) is 8.09. The van der Waals surface area contributed by atoms with Gasteiger partial charge >= 0.3 is 0 Å². The van der Waals surface area contributed by atoms with Crippen molar-refractivity contribution in [1.29, 1.82) is 0 Å². The van der Waals surface area contributed by atoms with Gasteiger partial charge in [-0.1, -0.05) is 36.4 Å². The quantitative estimate of drug-likeness (QED) is 0.606. The van der Waals surface area contributed by atoms with Gasteiger partial charge in [-0.3, -0.25) is 14.4 Å². The van der Waals surface area contributed by atoms with Gasteiger partial charge in [0.1, 0.15) is 0 Å². The highest BCUT2D eigenvalue weighted by Crippen LogP contribution is 2.00. The van der Waals surface area contributed by atoms with Gasteiger partial charge in [-0.25, -0.2) is 0 Å². The number of nitrogens with one attached hydrogen (secondary N) is 1. The minimum atomic E-state index is -0.632. The molecule has 0 aliphatic rings. The van der Waals surface area contributed by atoms with Gasteiger partial charge in [-0.15, -0.1) is 0 Å². The summed E-state index contributed by atoms with van der Waals surface area (Å²) in [6.07, 6.45) is 2.77. The molecule has 4 heteroatoms. The Balaban J connectivity index is 2.52. The normalized spacial score (nSPS) is 10.2. The number of carbonyl (C=O) groups excluding carboxylic acids is 3. The van der Waals surface area contributed by atoms with Crippen LogP contribution in [0.25, 0.3) is 6.08 Å². The Labute approximate surface area is 99.3 Å². The Morgan fingerprint density at radius 3 is 2.41 bits per heavy atom. The summed E-state index contributed by atoms with van der Waals surface area (Å²) in [7, 11) is 0. The standard InChI is InChI=1S/C13H13NO3/c1-10(15)14-9-13(17)12(16)8-7-11-5-3-2-4-6-11/h2-8H,9H2,1H3,(H,14,15)/b8-7+. The molecule has 1 rings (SSSR count). The summed E-state index contributed by atoms with van der Waals surface area (Å²) in [6, 6.07) is 9.18. The number of benzene rings is 1. The van der Waals surface area contributed by atoms with E-state index in [2.05, 4.69) is 5.32 Å². The highest BCUT2D eigenvalue weighted by molar-refractivity contribution is 6.43. The Bertz CT molecular complexity index is 449. The third-order valence-corrected chi connectivity index (χ3v) is 2.00. The van der Waals surface area contributed by atoms with Gasteiger partial charge in [0.2, 0.25) is 17.5 Å². The van der Waals surface area contributed by atoms with E-state index >= 15 is 0 Å². The smallest absolute Gasteiger partial charge is 0.223 e. The number of hydrogen-bond acceptors (Lipinski definition) is 3. The van der Waals surface area contributed by atoms with E-state index in [9.17, 15) is 14.4 Å². The summed E-state index contributed by atoms with van der Waals surface area (Å²) >= 11 is 0. The zero-order valence-electron chi connectivity index (χ0n) is 9.47. The van der Waals surface area contributed by atoms with Gasteiger partial charge in [0.05, 0.1) is 6.54 Å². The number of rotatable bonds is 5. The van der Waals surface area contributed by atoms with Crippen molar-refractivity contribution < 1.29 is 14.4 Å². The fourth-order valence-corrected chi connectivity index (χ4v) is 1.12. The first-order valence-corrected chi connectivity index (χ1v) is 5.14. The highest BCUT2D eigenvalue weighted by Gasteiger charge is 2.09. The summed E-state index contributed by atoms with van der Waals surface area (Å²) in [6.45, 7) is 1.03. The van der Waals surface area contributed by atoms with Gasteiger partial charge in [0.25, 0.3) is 0 Å². The Kier molecular flexibility index (Phi) is 4.81. The van der Waals surface area contributed by atoms with Gasteiger partial charge in [-0.05, 0) is 11.6 Å². The zero-order valence-corrected chi connectivity index (χ0v) is 9.47. The summed E-state index contributed by atoms with van der Waals surface area (Å²) in [5.41, 5.74) is 0.841. The second kappa shape index (κ2) is 6.37. The predicted molar refractivity (Wildman–Crippen MR) is 64.2 cm³/mol. The number of Topliss-reactive ketones (excluding diaryl/α,β-unsaturated/α-hetero) is 1. The summed E-state index contributed by atoms with van der Waals surface area (Å²) in [5, 5.41) is 2.28. The van der Waals surface area contributed by atoms with Gasteiger partial charge in [0.15, 0.2) is 0 Å². The minimum Gasteiger partial charge on any atom is -0.349 e. The number of amides is 1. The lowest BCUT2D eigenvalue weighted by atomic mass is 10.1. The van der Waals surface area contributed by atoms with E-state index < -0.39 is 11.6 Å². The molecule has 17 heavy (non-hydrogen) atoms. The average molecular weight is 231 g/mol. The van der Waals surface area contributed by atoms with E-state index in [0.29, 0.717) is 0 Å². The predicted octanol–water partition coefficient (Wildman–Crippen LogP) is 0.974. The molecule has 0 saturated carbocycles. The molecular formula is C13H13NO3. The molecule has 1 aromatic carbocycles. The maximum Gasteiger partial charge on any atom is 0.223 e. The van der Waals surface area contributed by atoms with E-state index in [-0.39, 0.29) is 12.5 Å². The molecule has 0 unspecified atom stereocenters. The van der Waals surface area contributed by atoms with Crippen LogP contribution in [-0.2, 0) is 14.4 Å². The van der Waals surface area contributed by atoms with Crippen LogP contribution in [0, 0.1) is 0 Å². The third kappa shape index (κ3) is 4.88. The SMILES string of the molecule is CC(=O)NCC(=O)C(=O)/C=C/c1ccccc1. The summed E-state index contributed by atoms with van der Waals surface area (Å²) < 4.78 is 0. The van der Waals surface area contributed by atoms with Crippen molar-refractivity contribution in [2.75, 3.05) is 6.54 Å². The van der Waals surface area contributed by atoms with Crippen LogP contribution >= 0.6 is 0 Å². The van der Waals surface area contributed by atoms with Crippen molar-refractivity contribution >= 4 is 23.5 Å². The van der Waals surface area contributed by atoms with E-state index in [4.69, 9.17) is 0 Å². The van der Waals surface area contributed by atoms with Crippen LogP contribution in [0.1, 0.15) is 12.5 Å². The zero-order chi connectivity index (χ0) is 12.7. The Morgan fingerprint density at radius 1 is 1.18 bits per heavy atom. The largest absolute Gasteiger partial charge is 0.349 e. The maximum absolute atomic E-state index is 11.3. The number of allylic oxidation sites excluding steroid dienone is 1. The first-order valence-electron chi connectivity index (χ1n) is 5.14. The minimum absolute atomic E-state index is 0.257. The highest BCUT2D eigenvalue weighted by atomic mass is 16.2. The van der Waals surface area contributed by atoms with Crippen molar-refractivity contribution in [1.82, 2.24) is 5.32 Å². The molecule has 0 radical (unpaired) electrons. The average Bonchev–Trinajstić information content (AvgIpc) is 2.34. The van der Waals surface area contributed by atoms with E-state index in [1.54, 1.807) is 6.08 Å². The molecule has 1 amide bonds. The van der Waals surface area contributed by atoms with Crippen molar-refractivity contribution in [3.8, 4) is 0 Å². The molecule has 0 saturated heterocycles. The van der Waals surface area contributed by atoms with E-state index in [1.165, 1.54) is 13.0 Å². The Hall–Kier alpha value is -2.23. The monoisotopic (exact) mass is 231 g/mol. The first kappa shape index (κ1) is 12.8. The van der Waals surface area contributed by atoms with Crippen LogP contribution in [0.3, 0.4) is 0 Å². The summed E-state index contributed by atoms with van der Waals surface area (Å²) in [5.74, 6) is -1.59. The molecule has 0 aliphatic carbocycles. The molecule has 0 bridgehead atoms. The molecule has 0 aromatic heterocycles. The van der Waals surface area contributed by atoms with Crippen molar-refractivity contribution in [3.05, 3.63) is 42.0 Å². The van der Waals surface area contributed by atoms with Crippen LogP contribution in [0.5, 0.6) is 0 Å². The van der Waals surface area contributed by atoms with Crippen molar-refractivity contribution in [3.63, 3.8) is 0 Å². The fourth-order valence-electron chi connectivity index (χ4n) is 1.12. The molecule has 0 atom stereocenters. The van der Waals surface area contributed by atoms with Crippen LogP contribution in [0.4, 0.5) is 0 Å². The Morgan fingerprint density at radius 2 is 1.82 bits per heavy atom. The molecule has 4 nitrogen and oxygen atoms in total. The number of hydrogen-bond donors (Lipinski definition) is 1. The summed E-state index contributed by atoms with van der Waals surface area (Å²) in [4.78, 5) is 33.2. The topological polar surface area (TPSA) is 63.2 Å². The van der Waals surface area contributed by atoms with Crippen molar-refractivity contribution in [2.45, 2.75) is 6.92 Å². The molecule has 0 fully saturated rings. The number of ketones is 2. The lowest BCUT2D eigenvalue weighted by Gasteiger charge is -1.97. The third-order valence-electron chi connectivity index (χ3n) is 2.00. The van der Waals surface area contributed by atoms with E-state index in [1.807, 2.05) is 30.3 Å². The molecule has 0 aliphatic heterocycles. The van der Waals surface area contributed by atoms with Crippen molar-refractivity contribution in [2.24, 2.45) is 0 Å². The van der Waals surface area contributed by atoms with Crippen LogP contribution in [0.2, 0.25) is 0 Å².